The Morgan fingerprint density at radius 2 is 1.68 bits per heavy atom. The zero-order chi connectivity index (χ0) is 27.9. The van der Waals surface area contributed by atoms with Crippen LogP contribution in [0.3, 0.4) is 0 Å². The average molecular weight is 567 g/mol. The molecule has 0 aliphatic carbocycles. The number of para-hydroxylation sites is 1. The summed E-state index contributed by atoms with van der Waals surface area (Å²) >= 11 is 5.99. The molecule has 5 aromatic rings. The third kappa shape index (κ3) is 7.04. The van der Waals surface area contributed by atoms with Gasteiger partial charge < -0.3 is 20.3 Å². The molecule has 0 atom stereocenters. The van der Waals surface area contributed by atoms with Crippen molar-refractivity contribution >= 4 is 44.9 Å². The highest BCUT2D eigenvalue weighted by Gasteiger charge is 2.19. The molecule has 0 amide bonds. The van der Waals surface area contributed by atoms with Crippen LogP contribution in [0.15, 0.2) is 85.3 Å². The van der Waals surface area contributed by atoms with Gasteiger partial charge in [0, 0.05) is 53.4 Å². The smallest absolute Gasteiger partial charge is 0.137 e. The summed E-state index contributed by atoms with van der Waals surface area (Å²) in [5.74, 6) is 2.27. The molecule has 0 saturated carbocycles. The molecule has 6 rings (SSSR count). The van der Waals surface area contributed by atoms with E-state index in [1.165, 1.54) is 10.9 Å². The second-order valence-electron chi connectivity index (χ2n) is 10.6. The Morgan fingerprint density at radius 1 is 0.829 bits per heavy atom. The van der Waals surface area contributed by atoms with Crippen LogP contribution in [-0.4, -0.2) is 59.2 Å². The lowest BCUT2D eigenvalue weighted by Gasteiger charge is -2.32. The quantitative estimate of drug-likeness (QED) is 0.184. The second-order valence-corrected chi connectivity index (χ2v) is 11.0. The van der Waals surface area contributed by atoms with Gasteiger partial charge in [0.2, 0.25) is 0 Å². The molecular formula is C33H35ClN6O. The number of hydrogen-bond acceptors (Lipinski definition) is 7. The summed E-state index contributed by atoms with van der Waals surface area (Å²) < 4.78 is 6.23. The summed E-state index contributed by atoms with van der Waals surface area (Å²) in [6.07, 6.45) is 6.67. The van der Waals surface area contributed by atoms with E-state index in [0.29, 0.717) is 5.92 Å². The SMILES string of the molecule is Clc1ccc(CCNc2ncnc3cc(OCC4CCN(CCNc5ccnc6ccccc56)CC4)ccc23)cc1. The number of likely N-dealkylation sites (tertiary alicyclic amines) is 1. The monoisotopic (exact) mass is 566 g/mol. The molecule has 2 aromatic heterocycles. The molecule has 0 radical (unpaired) electrons. The van der Waals surface area contributed by atoms with Crippen LogP contribution in [0.2, 0.25) is 5.02 Å². The summed E-state index contributed by atoms with van der Waals surface area (Å²) in [4.78, 5) is 15.9. The average Bonchev–Trinajstić information content (AvgIpc) is 3.02. The molecule has 1 aliphatic rings. The Hall–Kier alpha value is -3.94. The largest absolute Gasteiger partial charge is 0.493 e. The van der Waals surface area contributed by atoms with Crippen LogP contribution in [0.5, 0.6) is 5.75 Å². The van der Waals surface area contributed by atoms with E-state index in [1.54, 1.807) is 6.33 Å². The minimum Gasteiger partial charge on any atom is -0.493 e. The van der Waals surface area contributed by atoms with E-state index in [2.05, 4.69) is 72.9 Å². The number of anilines is 2. The lowest BCUT2D eigenvalue weighted by atomic mass is 9.98. The molecule has 3 heterocycles. The zero-order valence-electron chi connectivity index (χ0n) is 23.1. The number of halogens is 1. The molecule has 1 fully saturated rings. The summed E-state index contributed by atoms with van der Waals surface area (Å²) in [6, 6.07) is 24.4. The molecule has 0 spiro atoms. The van der Waals surface area contributed by atoms with Gasteiger partial charge in [-0.15, -0.1) is 0 Å². The molecule has 1 saturated heterocycles. The van der Waals surface area contributed by atoms with Crippen LogP contribution in [0.25, 0.3) is 21.8 Å². The van der Waals surface area contributed by atoms with Gasteiger partial charge in [-0.2, -0.15) is 0 Å². The highest BCUT2D eigenvalue weighted by atomic mass is 35.5. The first-order valence-corrected chi connectivity index (χ1v) is 14.7. The Bertz CT molecular complexity index is 1580. The van der Waals surface area contributed by atoms with Gasteiger partial charge in [-0.3, -0.25) is 4.98 Å². The molecule has 210 valence electrons. The summed E-state index contributed by atoms with van der Waals surface area (Å²) in [5, 5.41) is 9.99. The van der Waals surface area contributed by atoms with Gasteiger partial charge in [0.25, 0.3) is 0 Å². The first-order chi connectivity index (χ1) is 20.2. The minimum absolute atomic E-state index is 0.564. The van der Waals surface area contributed by atoms with Gasteiger partial charge in [0.05, 0.1) is 17.6 Å². The summed E-state index contributed by atoms with van der Waals surface area (Å²) in [6.45, 7) is 5.67. The Kier molecular flexibility index (Phi) is 8.74. The maximum absolute atomic E-state index is 6.23. The van der Waals surface area contributed by atoms with E-state index in [0.717, 1.165) is 97.3 Å². The fraction of sp³-hybridized carbons (Fsp3) is 0.303. The topological polar surface area (TPSA) is 75.2 Å². The standard InChI is InChI=1S/C33H35ClN6O/c34-26-7-5-24(6-8-26)11-15-37-33-29-10-9-27(21-32(29)38-23-39-33)41-22-25-13-18-40(19-14-25)20-17-36-31-12-16-35-30-4-2-1-3-28(30)31/h1-10,12,16,21,23,25H,11,13-15,17-20,22H2,(H,35,36)(H,37,38,39). The van der Waals surface area contributed by atoms with Crippen molar-refractivity contribution in [3.05, 3.63) is 95.9 Å². The molecule has 3 aromatic carbocycles. The number of aromatic nitrogens is 3. The first kappa shape index (κ1) is 27.2. The van der Waals surface area contributed by atoms with Crippen LogP contribution >= 0.6 is 11.6 Å². The first-order valence-electron chi connectivity index (χ1n) is 14.4. The summed E-state index contributed by atoms with van der Waals surface area (Å²) in [5.41, 5.74) is 4.30. The van der Waals surface area contributed by atoms with Crippen LogP contribution < -0.4 is 15.4 Å². The maximum Gasteiger partial charge on any atom is 0.137 e. The van der Waals surface area contributed by atoms with Crippen molar-refractivity contribution in [1.29, 1.82) is 0 Å². The van der Waals surface area contributed by atoms with Gasteiger partial charge in [-0.25, -0.2) is 9.97 Å². The van der Waals surface area contributed by atoms with Crippen molar-refractivity contribution in [3.63, 3.8) is 0 Å². The lowest BCUT2D eigenvalue weighted by molar-refractivity contribution is 0.145. The van der Waals surface area contributed by atoms with E-state index in [1.807, 2.05) is 36.5 Å². The van der Waals surface area contributed by atoms with Crippen LogP contribution in [0.4, 0.5) is 11.5 Å². The predicted molar refractivity (Wildman–Crippen MR) is 168 cm³/mol. The van der Waals surface area contributed by atoms with Crippen LogP contribution in [0, 0.1) is 5.92 Å². The van der Waals surface area contributed by atoms with Crippen molar-refractivity contribution in [2.24, 2.45) is 5.92 Å². The number of benzene rings is 3. The number of piperidine rings is 1. The predicted octanol–water partition coefficient (Wildman–Crippen LogP) is 6.69. The normalized spacial score (nSPS) is 14.4. The van der Waals surface area contributed by atoms with E-state index in [4.69, 9.17) is 16.3 Å². The number of nitrogens with one attached hydrogen (secondary N) is 2. The molecule has 8 heteroatoms. The van der Waals surface area contributed by atoms with E-state index < -0.39 is 0 Å². The third-order valence-electron chi connectivity index (χ3n) is 7.81. The fourth-order valence-electron chi connectivity index (χ4n) is 5.43. The number of pyridine rings is 1. The molecule has 0 bridgehead atoms. The highest BCUT2D eigenvalue weighted by molar-refractivity contribution is 6.30. The molecule has 0 unspecified atom stereocenters. The Labute approximate surface area is 245 Å². The molecule has 41 heavy (non-hydrogen) atoms. The van der Waals surface area contributed by atoms with Gasteiger partial charge >= 0.3 is 0 Å². The van der Waals surface area contributed by atoms with Gasteiger partial charge in [-0.1, -0.05) is 41.9 Å². The molecule has 2 N–H and O–H groups in total. The fourth-order valence-corrected chi connectivity index (χ4v) is 5.56. The van der Waals surface area contributed by atoms with E-state index in [-0.39, 0.29) is 0 Å². The highest BCUT2D eigenvalue weighted by Crippen LogP contribution is 2.26. The second kappa shape index (κ2) is 13.1. The Morgan fingerprint density at radius 3 is 2.56 bits per heavy atom. The number of nitrogens with zero attached hydrogens (tertiary/aromatic N) is 4. The van der Waals surface area contributed by atoms with Crippen molar-refractivity contribution in [2.45, 2.75) is 19.3 Å². The number of hydrogen-bond donors (Lipinski definition) is 2. The number of ether oxygens (including phenoxy) is 1. The Balaban J connectivity index is 0.944. The zero-order valence-corrected chi connectivity index (χ0v) is 23.9. The minimum atomic E-state index is 0.564. The summed E-state index contributed by atoms with van der Waals surface area (Å²) in [7, 11) is 0. The lowest BCUT2D eigenvalue weighted by Crippen LogP contribution is -2.38. The molecular weight excluding hydrogens is 532 g/mol. The van der Waals surface area contributed by atoms with Crippen molar-refractivity contribution in [1.82, 2.24) is 19.9 Å². The van der Waals surface area contributed by atoms with Crippen LogP contribution in [0.1, 0.15) is 18.4 Å². The van der Waals surface area contributed by atoms with Gasteiger partial charge in [-0.05, 0) is 80.2 Å². The van der Waals surface area contributed by atoms with Crippen LogP contribution in [-0.2, 0) is 6.42 Å². The van der Waals surface area contributed by atoms with E-state index in [9.17, 15) is 0 Å². The molecule has 7 nitrogen and oxygen atoms in total. The molecule has 1 aliphatic heterocycles. The van der Waals surface area contributed by atoms with Gasteiger partial charge in [0.15, 0.2) is 0 Å². The third-order valence-corrected chi connectivity index (χ3v) is 8.06. The van der Waals surface area contributed by atoms with E-state index >= 15 is 0 Å². The number of fused-ring (bicyclic) bond motifs is 2. The van der Waals surface area contributed by atoms with Crippen molar-refractivity contribution in [2.75, 3.05) is 50.0 Å². The van der Waals surface area contributed by atoms with Crippen molar-refractivity contribution in [3.8, 4) is 5.75 Å². The van der Waals surface area contributed by atoms with Crippen molar-refractivity contribution < 1.29 is 4.74 Å². The maximum atomic E-state index is 6.23. The van der Waals surface area contributed by atoms with Gasteiger partial charge in [0.1, 0.15) is 17.9 Å². The number of rotatable bonds is 11.